The Hall–Kier alpha value is -0.550. The molecule has 110 valence electrons. The van der Waals surface area contributed by atoms with Gasteiger partial charge in [0.1, 0.15) is 6.61 Å². The van der Waals surface area contributed by atoms with Crippen molar-refractivity contribution in [3.63, 3.8) is 0 Å². The Morgan fingerprint density at radius 3 is 2.05 bits per heavy atom. The van der Waals surface area contributed by atoms with Crippen molar-refractivity contribution in [2.24, 2.45) is 22.0 Å². The minimum absolute atomic E-state index is 0. The Balaban J connectivity index is 0.00000133. The molecule has 4 fully saturated rings. The summed E-state index contributed by atoms with van der Waals surface area (Å²) in [4.78, 5) is 15.2. The van der Waals surface area contributed by atoms with Gasteiger partial charge in [-0.15, -0.1) is 22.5 Å². The Kier molecular flexibility index (Phi) is 3.11. The quantitative estimate of drug-likeness (QED) is 0.640. The van der Waals surface area contributed by atoms with Crippen molar-refractivity contribution in [1.82, 2.24) is 0 Å². The molecule has 2 N–H and O–H groups in total. The van der Waals surface area contributed by atoms with Crippen LogP contribution in [0.5, 0.6) is 0 Å². The summed E-state index contributed by atoms with van der Waals surface area (Å²) in [5.74, 6) is 0. The lowest BCUT2D eigenvalue weighted by molar-refractivity contribution is -0.761. The lowest BCUT2D eigenvalue weighted by Gasteiger charge is -2.68. The van der Waals surface area contributed by atoms with E-state index < -0.39 is 5.09 Å². The van der Waals surface area contributed by atoms with Gasteiger partial charge in [-0.3, -0.25) is 0 Å². The zero-order valence-electron chi connectivity index (χ0n) is 11.6. The van der Waals surface area contributed by atoms with Gasteiger partial charge in [-0.1, -0.05) is 13.8 Å². The molecule has 0 aromatic carbocycles. The highest BCUT2D eigenvalue weighted by atomic mass is 35.5. The topological polar surface area (TPSA) is 78.4 Å². The van der Waals surface area contributed by atoms with Gasteiger partial charge in [-0.05, 0) is 54.8 Å². The number of hydrogen-bond donors (Lipinski definition) is 1. The molecule has 0 heterocycles. The second-order valence-electron chi connectivity index (χ2n) is 8.04. The molecule has 0 aromatic rings. The molecule has 19 heavy (non-hydrogen) atoms. The zero-order valence-corrected chi connectivity index (χ0v) is 12.4. The number of nitrogens with zero attached hydrogens (tertiary/aromatic N) is 1. The van der Waals surface area contributed by atoms with Crippen molar-refractivity contribution in [3.05, 3.63) is 10.1 Å². The fourth-order valence-electron chi connectivity index (χ4n) is 6.38. The third-order valence-corrected chi connectivity index (χ3v) is 5.22. The van der Waals surface area contributed by atoms with Crippen LogP contribution < -0.4 is 5.73 Å². The summed E-state index contributed by atoms with van der Waals surface area (Å²) in [6, 6.07) is 0. The van der Waals surface area contributed by atoms with Crippen molar-refractivity contribution in [2.45, 2.75) is 57.9 Å². The van der Waals surface area contributed by atoms with E-state index in [9.17, 15) is 10.1 Å². The molecular formula is C13H23ClN2O3. The Labute approximate surface area is 119 Å². The molecule has 4 bridgehead atoms. The van der Waals surface area contributed by atoms with Crippen LogP contribution in [0.4, 0.5) is 0 Å². The summed E-state index contributed by atoms with van der Waals surface area (Å²) in [5.41, 5.74) is 6.86. The Morgan fingerprint density at radius 1 is 1.11 bits per heavy atom. The van der Waals surface area contributed by atoms with Crippen LogP contribution >= 0.6 is 12.4 Å². The minimum atomic E-state index is -0.660. The average molecular weight is 291 g/mol. The van der Waals surface area contributed by atoms with Crippen LogP contribution in [0, 0.1) is 26.4 Å². The predicted molar refractivity (Wildman–Crippen MR) is 73.5 cm³/mol. The number of rotatable bonds is 3. The first kappa shape index (κ1) is 14.9. The van der Waals surface area contributed by atoms with Gasteiger partial charge in [0.25, 0.3) is 5.09 Å². The molecule has 0 radical (unpaired) electrons. The standard InChI is InChI=1S/C13H22N2O3.ClH/c1-10-3-11(2)5-12(4-10,9-18-15(16)17)8-13(14,6-10)7-11;/h3-9,14H2,1-2H3;1H. The normalized spacial score (nSPS) is 50.7. The molecule has 2 atom stereocenters. The van der Waals surface area contributed by atoms with Crippen molar-refractivity contribution >= 4 is 12.4 Å². The van der Waals surface area contributed by atoms with E-state index in [1.807, 2.05) is 0 Å². The van der Waals surface area contributed by atoms with Gasteiger partial charge in [-0.25, -0.2) is 0 Å². The molecular weight excluding hydrogens is 268 g/mol. The van der Waals surface area contributed by atoms with E-state index in [0.717, 1.165) is 32.1 Å². The van der Waals surface area contributed by atoms with Gasteiger partial charge in [0.15, 0.2) is 0 Å². The zero-order chi connectivity index (χ0) is 13.2. The summed E-state index contributed by atoms with van der Waals surface area (Å²) >= 11 is 0. The molecule has 5 nitrogen and oxygen atoms in total. The van der Waals surface area contributed by atoms with Gasteiger partial charge in [0.05, 0.1) is 0 Å². The summed E-state index contributed by atoms with van der Waals surface area (Å²) < 4.78 is 0. The number of nitrogens with two attached hydrogens (primary N) is 1. The second-order valence-corrected chi connectivity index (χ2v) is 8.04. The van der Waals surface area contributed by atoms with Crippen molar-refractivity contribution in [1.29, 1.82) is 0 Å². The first-order chi connectivity index (χ1) is 8.16. The molecule has 6 heteroatoms. The summed E-state index contributed by atoms with van der Waals surface area (Å²) in [7, 11) is 0. The Morgan fingerprint density at radius 2 is 1.63 bits per heavy atom. The van der Waals surface area contributed by atoms with Gasteiger partial charge in [0, 0.05) is 5.54 Å². The van der Waals surface area contributed by atoms with Crippen LogP contribution in [-0.2, 0) is 4.84 Å². The first-order valence-corrected chi connectivity index (χ1v) is 6.72. The fourth-order valence-corrected chi connectivity index (χ4v) is 6.38. The number of halogens is 1. The SMILES string of the molecule is CC12CC3(C)CC(N)(C1)CC(CO[N+](=O)[O-])(C2)C3.Cl. The van der Waals surface area contributed by atoms with Crippen LogP contribution in [0.15, 0.2) is 0 Å². The van der Waals surface area contributed by atoms with Gasteiger partial charge >= 0.3 is 0 Å². The third-order valence-electron chi connectivity index (χ3n) is 5.22. The number of hydrogen-bond acceptors (Lipinski definition) is 4. The molecule has 0 amide bonds. The molecule has 0 aromatic heterocycles. The van der Waals surface area contributed by atoms with E-state index in [0.29, 0.717) is 0 Å². The van der Waals surface area contributed by atoms with Crippen LogP contribution in [0.3, 0.4) is 0 Å². The summed E-state index contributed by atoms with van der Waals surface area (Å²) in [6.07, 6.45) is 6.29. The lowest BCUT2D eigenvalue weighted by Crippen LogP contribution is -2.67. The van der Waals surface area contributed by atoms with Crippen molar-refractivity contribution in [2.75, 3.05) is 6.61 Å². The van der Waals surface area contributed by atoms with Crippen LogP contribution in [0.25, 0.3) is 0 Å². The van der Waals surface area contributed by atoms with Crippen LogP contribution in [-0.4, -0.2) is 17.2 Å². The minimum Gasteiger partial charge on any atom is -0.325 e. The predicted octanol–water partition coefficient (Wildman–Crippen LogP) is 2.69. The Bertz CT molecular complexity index is 361. The smallest absolute Gasteiger partial charge is 0.294 e. The second kappa shape index (κ2) is 3.98. The highest BCUT2D eigenvalue weighted by Gasteiger charge is 2.64. The van der Waals surface area contributed by atoms with Gasteiger partial charge < -0.3 is 10.6 Å². The van der Waals surface area contributed by atoms with Crippen LogP contribution in [0.2, 0.25) is 0 Å². The molecule has 4 aliphatic rings. The van der Waals surface area contributed by atoms with Crippen molar-refractivity contribution in [3.8, 4) is 0 Å². The molecule has 0 aliphatic heterocycles. The maximum atomic E-state index is 10.5. The molecule has 2 unspecified atom stereocenters. The van der Waals surface area contributed by atoms with Crippen molar-refractivity contribution < 1.29 is 9.92 Å². The highest BCUT2D eigenvalue weighted by Crippen LogP contribution is 2.70. The average Bonchev–Trinajstić information content (AvgIpc) is 2.06. The fraction of sp³-hybridized carbons (Fsp3) is 1.00. The lowest BCUT2D eigenvalue weighted by atomic mass is 9.38. The summed E-state index contributed by atoms with van der Waals surface area (Å²) in [5, 5.41) is 9.82. The van der Waals surface area contributed by atoms with E-state index in [1.165, 1.54) is 6.42 Å². The largest absolute Gasteiger partial charge is 0.325 e. The molecule has 0 spiro atoms. The maximum Gasteiger partial charge on any atom is 0.294 e. The van der Waals surface area contributed by atoms with E-state index in [4.69, 9.17) is 10.6 Å². The third kappa shape index (κ3) is 2.42. The molecule has 4 aliphatic carbocycles. The molecule has 0 saturated heterocycles. The summed E-state index contributed by atoms with van der Waals surface area (Å²) in [6.45, 7) is 4.82. The monoisotopic (exact) mass is 290 g/mol. The molecule has 4 saturated carbocycles. The first-order valence-electron chi connectivity index (χ1n) is 6.72. The van der Waals surface area contributed by atoms with E-state index in [-0.39, 0.29) is 40.8 Å². The molecule has 4 rings (SSSR count). The highest BCUT2D eigenvalue weighted by molar-refractivity contribution is 5.85. The van der Waals surface area contributed by atoms with E-state index in [1.54, 1.807) is 0 Å². The van der Waals surface area contributed by atoms with E-state index in [2.05, 4.69) is 13.8 Å². The van der Waals surface area contributed by atoms with Gasteiger partial charge in [-0.2, -0.15) is 0 Å². The van der Waals surface area contributed by atoms with E-state index >= 15 is 0 Å². The van der Waals surface area contributed by atoms with Gasteiger partial charge in [0.2, 0.25) is 0 Å². The van der Waals surface area contributed by atoms with Crippen LogP contribution in [0.1, 0.15) is 52.4 Å². The maximum absolute atomic E-state index is 10.5.